The maximum atomic E-state index is 12.1. The number of sulfonamides is 1. The molecule has 0 bridgehead atoms. The minimum absolute atomic E-state index is 0.0717. The van der Waals surface area contributed by atoms with Crippen LogP contribution in [0.25, 0.3) is 0 Å². The van der Waals surface area contributed by atoms with Crippen molar-refractivity contribution in [2.75, 3.05) is 25.9 Å². The molecule has 1 aromatic heterocycles. The molecule has 0 aliphatic carbocycles. The molecule has 2 rings (SSSR count). The zero-order valence-electron chi connectivity index (χ0n) is 11.1. The Balaban J connectivity index is 1.96. The van der Waals surface area contributed by atoms with Crippen molar-refractivity contribution in [1.82, 2.24) is 9.21 Å². The molecule has 0 N–H and O–H groups in total. The van der Waals surface area contributed by atoms with E-state index < -0.39 is 10.0 Å². The lowest BCUT2D eigenvalue weighted by molar-refractivity contribution is -0.132. The Bertz CT molecular complexity index is 539. The van der Waals surface area contributed by atoms with Gasteiger partial charge in [0.25, 0.3) is 0 Å². The fourth-order valence-electron chi connectivity index (χ4n) is 2.33. The van der Waals surface area contributed by atoms with Gasteiger partial charge in [0, 0.05) is 30.6 Å². The summed E-state index contributed by atoms with van der Waals surface area (Å²) in [6.45, 7) is 3.17. The molecular formula is C12H18N2O3S2. The molecule has 7 heteroatoms. The van der Waals surface area contributed by atoms with E-state index in [1.807, 2.05) is 24.4 Å². The first kappa shape index (κ1) is 14.5. The van der Waals surface area contributed by atoms with Gasteiger partial charge in [0.15, 0.2) is 0 Å². The predicted octanol–water partition coefficient (Wildman–Crippen LogP) is 0.783. The van der Waals surface area contributed by atoms with Crippen LogP contribution >= 0.6 is 11.3 Å². The van der Waals surface area contributed by atoms with E-state index >= 15 is 0 Å². The van der Waals surface area contributed by atoms with Gasteiger partial charge in [0.2, 0.25) is 15.9 Å². The number of carbonyl (C=O) groups is 1. The number of hydrogen-bond acceptors (Lipinski definition) is 4. The molecule has 1 saturated heterocycles. The van der Waals surface area contributed by atoms with Gasteiger partial charge in [-0.15, -0.1) is 11.3 Å². The van der Waals surface area contributed by atoms with E-state index in [9.17, 15) is 13.2 Å². The summed E-state index contributed by atoms with van der Waals surface area (Å²) >= 11 is 1.57. The zero-order chi connectivity index (χ0) is 14.0. The first-order chi connectivity index (χ1) is 8.88. The van der Waals surface area contributed by atoms with Gasteiger partial charge >= 0.3 is 0 Å². The minimum Gasteiger partial charge on any atom is -0.339 e. The number of carbonyl (C=O) groups excluding carboxylic acids is 1. The van der Waals surface area contributed by atoms with Crippen molar-refractivity contribution in [3.63, 3.8) is 0 Å². The summed E-state index contributed by atoms with van der Waals surface area (Å²) in [6.07, 6.45) is 1.62. The van der Waals surface area contributed by atoms with E-state index in [1.54, 1.807) is 16.2 Å². The van der Waals surface area contributed by atoms with Crippen LogP contribution in [0, 0.1) is 0 Å². The molecule has 5 nitrogen and oxygen atoms in total. The quantitative estimate of drug-likeness (QED) is 0.829. The van der Waals surface area contributed by atoms with Gasteiger partial charge in [-0.25, -0.2) is 8.42 Å². The monoisotopic (exact) mass is 302 g/mol. The maximum absolute atomic E-state index is 12.1. The molecule has 0 aromatic carbocycles. The Morgan fingerprint density at radius 3 is 2.74 bits per heavy atom. The highest BCUT2D eigenvalue weighted by Gasteiger charge is 2.31. The molecule has 2 heterocycles. The van der Waals surface area contributed by atoms with E-state index in [1.165, 1.54) is 10.6 Å². The van der Waals surface area contributed by atoms with Gasteiger partial charge in [-0.3, -0.25) is 4.79 Å². The Hall–Kier alpha value is -0.920. The normalized spacial score (nSPS) is 21.6. The van der Waals surface area contributed by atoms with Gasteiger partial charge in [-0.2, -0.15) is 4.31 Å². The molecule has 106 valence electrons. The van der Waals surface area contributed by atoms with Gasteiger partial charge in [-0.05, 0) is 18.4 Å². The third-order valence-electron chi connectivity index (χ3n) is 3.25. The smallest absolute Gasteiger partial charge is 0.227 e. The van der Waals surface area contributed by atoms with Crippen molar-refractivity contribution in [3.8, 4) is 0 Å². The Morgan fingerprint density at radius 1 is 1.47 bits per heavy atom. The fraction of sp³-hybridized carbons (Fsp3) is 0.583. The highest BCUT2D eigenvalue weighted by Crippen LogP contribution is 2.16. The van der Waals surface area contributed by atoms with Gasteiger partial charge < -0.3 is 4.90 Å². The van der Waals surface area contributed by atoms with E-state index in [0.29, 0.717) is 26.1 Å². The van der Waals surface area contributed by atoms with Crippen LogP contribution in [-0.2, 0) is 21.2 Å². The first-order valence-corrected chi connectivity index (χ1v) is 8.87. The van der Waals surface area contributed by atoms with Crippen molar-refractivity contribution in [2.45, 2.75) is 19.4 Å². The number of piperazine rings is 1. The molecule has 1 amide bonds. The molecule has 0 unspecified atom stereocenters. The Kier molecular flexibility index (Phi) is 4.27. The molecule has 0 radical (unpaired) electrons. The topological polar surface area (TPSA) is 57.7 Å². The van der Waals surface area contributed by atoms with Gasteiger partial charge in [0.05, 0.1) is 12.7 Å². The second-order valence-corrected chi connectivity index (χ2v) is 7.79. The van der Waals surface area contributed by atoms with Crippen LogP contribution in [0.15, 0.2) is 17.5 Å². The van der Waals surface area contributed by atoms with Gasteiger partial charge in [0.1, 0.15) is 0 Å². The third-order valence-corrected chi connectivity index (χ3v) is 5.52. The summed E-state index contributed by atoms with van der Waals surface area (Å²) < 4.78 is 24.6. The molecule has 1 aliphatic rings. The average molecular weight is 302 g/mol. The molecule has 1 fully saturated rings. The van der Waals surface area contributed by atoms with Crippen LogP contribution < -0.4 is 0 Å². The largest absolute Gasteiger partial charge is 0.339 e. The molecule has 1 aliphatic heterocycles. The van der Waals surface area contributed by atoms with E-state index in [-0.39, 0.29) is 11.9 Å². The van der Waals surface area contributed by atoms with E-state index in [2.05, 4.69) is 0 Å². The second kappa shape index (κ2) is 5.60. The molecule has 0 spiro atoms. The van der Waals surface area contributed by atoms with E-state index in [4.69, 9.17) is 0 Å². The number of hydrogen-bond donors (Lipinski definition) is 0. The lowest BCUT2D eigenvalue weighted by Crippen LogP contribution is -2.55. The molecule has 1 atom stereocenters. The van der Waals surface area contributed by atoms with Crippen molar-refractivity contribution in [2.24, 2.45) is 0 Å². The van der Waals surface area contributed by atoms with Crippen LogP contribution in [-0.4, -0.2) is 55.5 Å². The lowest BCUT2D eigenvalue weighted by Gasteiger charge is -2.38. The Morgan fingerprint density at radius 2 is 2.21 bits per heavy atom. The van der Waals surface area contributed by atoms with Crippen molar-refractivity contribution < 1.29 is 13.2 Å². The van der Waals surface area contributed by atoms with Crippen LogP contribution in [0.5, 0.6) is 0 Å². The SMILES string of the molecule is C[C@H]1CN(C(=O)Cc2cccs2)CCN1S(C)(=O)=O. The highest BCUT2D eigenvalue weighted by molar-refractivity contribution is 7.88. The second-order valence-electron chi connectivity index (χ2n) is 4.82. The van der Waals surface area contributed by atoms with Crippen LogP contribution in [0.1, 0.15) is 11.8 Å². The maximum Gasteiger partial charge on any atom is 0.227 e. The summed E-state index contributed by atoms with van der Waals surface area (Å²) in [6, 6.07) is 3.71. The lowest BCUT2D eigenvalue weighted by atomic mass is 10.2. The summed E-state index contributed by atoms with van der Waals surface area (Å²) in [5, 5.41) is 1.95. The standard InChI is InChI=1S/C12H18N2O3S2/c1-10-9-13(5-6-14(10)19(2,16)17)12(15)8-11-4-3-7-18-11/h3-4,7,10H,5-6,8-9H2,1-2H3/t10-/m0/s1. The summed E-state index contributed by atoms with van der Waals surface area (Å²) in [5.41, 5.74) is 0. The number of amides is 1. The molecule has 0 saturated carbocycles. The number of nitrogens with zero attached hydrogens (tertiary/aromatic N) is 2. The minimum atomic E-state index is -3.18. The molecule has 19 heavy (non-hydrogen) atoms. The van der Waals surface area contributed by atoms with Gasteiger partial charge in [-0.1, -0.05) is 6.07 Å². The van der Waals surface area contributed by atoms with Crippen molar-refractivity contribution >= 4 is 27.3 Å². The fourth-order valence-corrected chi connectivity index (χ4v) is 4.16. The van der Waals surface area contributed by atoms with Crippen LogP contribution in [0.3, 0.4) is 0 Å². The molecular weight excluding hydrogens is 284 g/mol. The summed E-state index contributed by atoms with van der Waals surface area (Å²) in [4.78, 5) is 14.9. The predicted molar refractivity (Wildman–Crippen MR) is 75.6 cm³/mol. The van der Waals surface area contributed by atoms with Crippen LogP contribution in [0.4, 0.5) is 0 Å². The van der Waals surface area contributed by atoms with Crippen LogP contribution in [0.2, 0.25) is 0 Å². The van der Waals surface area contributed by atoms with Crippen molar-refractivity contribution in [3.05, 3.63) is 22.4 Å². The van der Waals surface area contributed by atoms with E-state index in [0.717, 1.165) is 4.88 Å². The van der Waals surface area contributed by atoms with Crippen molar-refractivity contribution in [1.29, 1.82) is 0 Å². The zero-order valence-corrected chi connectivity index (χ0v) is 12.7. The third kappa shape index (κ3) is 3.55. The average Bonchev–Trinajstić information content (AvgIpc) is 2.79. The molecule has 1 aromatic rings. The number of rotatable bonds is 3. The Labute approximate surface area is 117 Å². The summed E-state index contributed by atoms with van der Waals surface area (Å²) in [7, 11) is -3.18. The first-order valence-electron chi connectivity index (χ1n) is 6.15. The highest BCUT2D eigenvalue weighted by atomic mass is 32.2. The number of thiophene rings is 1. The summed E-state index contributed by atoms with van der Waals surface area (Å²) in [5.74, 6) is 0.0717.